The third kappa shape index (κ3) is 3.86. The van der Waals surface area contributed by atoms with Gasteiger partial charge in [0.1, 0.15) is 5.82 Å². The number of hydrazine groups is 1. The van der Waals surface area contributed by atoms with Crippen molar-refractivity contribution in [1.82, 2.24) is 4.98 Å². The average Bonchev–Trinajstić information content (AvgIpc) is 2.88. The van der Waals surface area contributed by atoms with E-state index in [9.17, 15) is 10.1 Å². The summed E-state index contributed by atoms with van der Waals surface area (Å²) >= 11 is 1.90. The van der Waals surface area contributed by atoms with E-state index in [1.165, 1.54) is 11.5 Å². The summed E-state index contributed by atoms with van der Waals surface area (Å²) in [6, 6.07) is 14.6. The number of H-pyrrole nitrogens is 1. The molecule has 0 fully saturated rings. The van der Waals surface area contributed by atoms with Crippen LogP contribution in [0.1, 0.15) is 0 Å². The third-order valence-corrected chi connectivity index (χ3v) is 3.77. The molecule has 114 valence electrons. The molecule has 0 aliphatic carbocycles. The quantitative estimate of drug-likeness (QED) is 0.223. The highest BCUT2D eigenvalue weighted by Gasteiger charge is 2.11. The van der Waals surface area contributed by atoms with E-state index in [0.29, 0.717) is 9.26 Å². The van der Waals surface area contributed by atoms with Crippen LogP contribution in [-0.2, 0) is 0 Å². The standard InChI is InChI=1S/C8H8N2.C6H6IN3O2/c9-8-5-6-3-1-2-4-7(6)10-8;7-5-2-1-4(9-8)3-6(5)10(11)12/h1-5,10H,9H2;1-3,9H,8H2. The molecule has 22 heavy (non-hydrogen) atoms. The predicted molar refractivity (Wildman–Crippen MR) is 96.3 cm³/mol. The number of aromatic amines is 1. The first-order valence-corrected chi connectivity index (χ1v) is 7.33. The van der Waals surface area contributed by atoms with E-state index in [4.69, 9.17) is 11.6 Å². The molecule has 0 radical (unpaired) electrons. The Hall–Kier alpha value is -2.33. The highest BCUT2D eigenvalue weighted by atomic mass is 127. The summed E-state index contributed by atoms with van der Waals surface area (Å²) in [7, 11) is 0. The number of benzene rings is 2. The number of nitro groups is 1. The molecule has 1 aromatic heterocycles. The molecule has 8 heteroatoms. The number of hydrogen-bond acceptors (Lipinski definition) is 5. The first-order chi connectivity index (χ1) is 10.5. The van der Waals surface area contributed by atoms with Gasteiger partial charge >= 0.3 is 0 Å². The molecule has 0 aliphatic heterocycles. The number of rotatable bonds is 2. The van der Waals surface area contributed by atoms with Crippen LogP contribution in [0.2, 0.25) is 0 Å². The van der Waals surface area contributed by atoms with Crippen molar-refractivity contribution in [3.63, 3.8) is 0 Å². The van der Waals surface area contributed by atoms with E-state index in [2.05, 4.69) is 10.4 Å². The topological polar surface area (TPSA) is 123 Å². The van der Waals surface area contributed by atoms with Crippen LogP contribution in [0.4, 0.5) is 17.2 Å². The molecule has 3 aromatic rings. The molecule has 6 N–H and O–H groups in total. The van der Waals surface area contributed by atoms with Gasteiger partial charge in [-0.25, -0.2) is 0 Å². The minimum absolute atomic E-state index is 0.0612. The van der Waals surface area contributed by atoms with E-state index < -0.39 is 4.92 Å². The number of fused-ring (bicyclic) bond motifs is 1. The summed E-state index contributed by atoms with van der Waals surface area (Å²) in [6.45, 7) is 0. The minimum Gasteiger partial charge on any atom is -0.385 e. The van der Waals surface area contributed by atoms with Crippen LogP contribution in [0.15, 0.2) is 48.5 Å². The molecule has 0 saturated carbocycles. The number of nitrogens with zero attached hydrogens (tertiary/aromatic N) is 1. The van der Waals surface area contributed by atoms with Crippen molar-refractivity contribution < 1.29 is 4.92 Å². The SMILES string of the molecule is NNc1ccc(I)c([N+](=O)[O-])c1.Nc1cc2ccccc2[nH]1. The number of nitrogen functional groups attached to an aromatic ring is 2. The smallest absolute Gasteiger partial charge is 0.284 e. The number of nitro benzene ring substituents is 1. The summed E-state index contributed by atoms with van der Waals surface area (Å²) in [6.07, 6.45) is 0. The van der Waals surface area contributed by atoms with Crippen molar-refractivity contribution in [2.45, 2.75) is 0 Å². The van der Waals surface area contributed by atoms with Gasteiger partial charge < -0.3 is 16.1 Å². The molecule has 7 nitrogen and oxygen atoms in total. The molecule has 0 saturated heterocycles. The molecule has 0 bridgehead atoms. The summed E-state index contributed by atoms with van der Waals surface area (Å²) in [5, 5.41) is 11.6. The zero-order valence-corrected chi connectivity index (χ0v) is 13.6. The summed E-state index contributed by atoms with van der Waals surface area (Å²) in [5.74, 6) is 5.82. The van der Waals surface area contributed by atoms with Crippen LogP contribution in [0, 0.1) is 13.7 Å². The Balaban J connectivity index is 0.000000162. The van der Waals surface area contributed by atoms with E-state index in [1.54, 1.807) is 12.1 Å². The summed E-state index contributed by atoms with van der Waals surface area (Å²) in [4.78, 5) is 13.0. The Labute approximate surface area is 139 Å². The van der Waals surface area contributed by atoms with Gasteiger partial charge in [-0.1, -0.05) is 18.2 Å². The molecule has 0 atom stereocenters. The first-order valence-electron chi connectivity index (χ1n) is 6.25. The Kier molecular flexibility index (Phi) is 5.17. The van der Waals surface area contributed by atoms with Crippen molar-refractivity contribution in [1.29, 1.82) is 0 Å². The molecule has 2 aromatic carbocycles. The Morgan fingerprint density at radius 2 is 1.91 bits per heavy atom. The van der Waals surface area contributed by atoms with Crippen molar-refractivity contribution in [3.05, 3.63) is 62.2 Å². The van der Waals surface area contributed by atoms with Crippen LogP contribution >= 0.6 is 22.6 Å². The van der Waals surface area contributed by atoms with E-state index in [0.717, 1.165) is 11.3 Å². The largest absolute Gasteiger partial charge is 0.385 e. The molecular weight excluding hydrogens is 397 g/mol. The zero-order chi connectivity index (χ0) is 16.1. The van der Waals surface area contributed by atoms with Crippen LogP contribution in [0.3, 0.4) is 0 Å². The van der Waals surface area contributed by atoms with Crippen LogP contribution < -0.4 is 17.0 Å². The van der Waals surface area contributed by atoms with E-state index in [1.807, 2.05) is 52.9 Å². The second-order valence-corrected chi connectivity index (χ2v) is 5.54. The van der Waals surface area contributed by atoms with Gasteiger partial charge in [0.2, 0.25) is 0 Å². The highest BCUT2D eigenvalue weighted by Crippen LogP contribution is 2.23. The lowest BCUT2D eigenvalue weighted by atomic mass is 10.3. The van der Waals surface area contributed by atoms with Gasteiger partial charge in [0.15, 0.2) is 0 Å². The second-order valence-electron chi connectivity index (χ2n) is 4.38. The van der Waals surface area contributed by atoms with E-state index in [-0.39, 0.29) is 5.69 Å². The molecule has 0 amide bonds. The molecule has 1 heterocycles. The molecule has 0 aliphatic rings. The lowest BCUT2D eigenvalue weighted by Crippen LogP contribution is -2.07. The molecule has 0 spiro atoms. The van der Waals surface area contributed by atoms with E-state index >= 15 is 0 Å². The van der Waals surface area contributed by atoms with Gasteiger partial charge in [-0.05, 0) is 46.9 Å². The van der Waals surface area contributed by atoms with Crippen molar-refractivity contribution in [2.75, 3.05) is 11.2 Å². The third-order valence-electron chi connectivity index (χ3n) is 2.86. The van der Waals surface area contributed by atoms with Crippen molar-refractivity contribution >= 4 is 50.7 Å². The monoisotopic (exact) mass is 411 g/mol. The second kappa shape index (κ2) is 7.09. The highest BCUT2D eigenvalue weighted by molar-refractivity contribution is 14.1. The Morgan fingerprint density at radius 1 is 1.18 bits per heavy atom. The molecule has 0 unspecified atom stereocenters. The fourth-order valence-corrected chi connectivity index (χ4v) is 2.37. The fraction of sp³-hybridized carbons (Fsp3) is 0. The molecule has 3 rings (SSSR count). The summed E-state index contributed by atoms with van der Waals surface area (Å²) in [5.41, 5.74) is 9.56. The fourth-order valence-electron chi connectivity index (χ4n) is 1.84. The average molecular weight is 411 g/mol. The maximum Gasteiger partial charge on any atom is 0.284 e. The minimum atomic E-state index is -0.442. The Morgan fingerprint density at radius 3 is 2.55 bits per heavy atom. The molecular formula is C14H14IN5O2. The maximum atomic E-state index is 10.4. The lowest BCUT2D eigenvalue weighted by Gasteiger charge is -1.99. The van der Waals surface area contributed by atoms with Gasteiger partial charge in [0.25, 0.3) is 5.69 Å². The maximum absolute atomic E-state index is 10.4. The zero-order valence-electron chi connectivity index (χ0n) is 11.4. The van der Waals surface area contributed by atoms with Crippen LogP contribution in [0.25, 0.3) is 10.9 Å². The number of nitrogens with two attached hydrogens (primary N) is 2. The van der Waals surface area contributed by atoms with Gasteiger partial charge in [0, 0.05) is 17.0 Å². The van der Waals surface area contributed by atoms with Gasteiger partial charge in [-0.3, -0.25) is 16.0 Å². The van der Waals surface area contributed by atoms with Crippen molar-refractivity contribution in [2.24, 2.45) is 5.84 Å². The van der Waals surface area contributed by atoms with Crippen LogP contribution in [-0.4, -0.2) is 9.91 Å². The predicted octanol–water partition coefficient (Wildman–Crippen LogP) is 3.24. The number of para-hydroxylation sites is 1. The van der Waals surface area contributed by atoms with Crippen LogP contribution in [0.5, 0.6) is 0 Å². The Bertz CT molecular complexity index is 770. The number of nitrogens with one attached hydrogen (secondary N) is 2. The lowest BCUT2D eigenvalue weighted by molar-refractivity contribution is -0.385. The van der Waals surface area contributed by atoms with Crippen molar-refractivity contribution in [3.8, 4) is 0 Å². The summed E-state index contributed by atoms with van der Waals surface area (Å²) < 4.78 is 0.594. The van der Waals surface area contributed by atoms with Gasteiger partial charge in [0.05, 0.1) is 14.2 Å². The normalized spacial score (nSPS) is 9.91. The number of anilines is 2. The van der Waals surface area contributed by atoms with Gasteiger partial charge in [-0.2, -0.15) is 0 Å². The number of hydrogen-bond donors (Lipinski definition) is 4. The number of aromatic nitrogens is 1. The first kappa shape index (κ1) is 16.0. The van der Waals surface area contributed by atoms with Gasteiger partial charge in [-0.15, -0.1) is 0 Å². The number of halogens is 1.